The molecule has 0 saturated heterocycles. The summed E-state index contributed by atoms with van der Waals surface area (Å²) < 4.78 is 5.83. The lowest BCUT2D eigenvalue weighted by Crippen LogP contribution is -2.20. The highest BCUT2D eigenvalue weighted by molar-refractivity contribution is 5.32. The number of hydrogen-bond acceptors (Lipinski definition) is 4. The molecule has 1 fully saturated rings. The summed E-state index contributed by atoms with van der Waals surface area (Å²) >= 11 is 0. The Labute approximate surface area is 103 Å². The van der Waals surface area contributed by atoms with Crippen LogP contribution in [0, 0.1) is 6.92 Å². The first kappa shape index (κ1) is 12.3. The third-order valence-electron chi connectivity index (χ3n) is 3.09. The fraction of sp³-hybridized carbons (Fsp3) is 0.692. The quantitative estimate of drug-likeness (QED) is 0.797. The van der Waals surface area contributed by atoms with Gasteiger partial charge >= 0.3 is 0 Å². The average Bonchev–Trinajstić information content (AvgIpc) is 2.36. The second kappa shape index (κ2) is 6.55. The van der Waals surface area contributed by atoms with E-state index in [0.717, 1.165) is 24.8 Å². The number of aromatic nitrogens is 2. The predicted octanol–water partition coefficient (Wildman–Crippen LogP) is 2.55. The molecule has 4 nitrogen and oxygen atoms in total. The van der Waals surface area contributed by atoms with Gasteiger partial charge in [-0.15, -0.1) is 0 Å². The smallest absolute Gasteiger partial charge is 0.129 e. The highest BCUT2D eigenvalue weighted by atomic mass is 16.5. The van der Waals surface area contributed by atoms with Crippen molar-refractivity contribution in [1.82, 2.24) is 9.97 Å². The van der Waals surface area contributed by atoms with Crippen LogP contribution in [0.15, 0.2) is 12.3 Å². The minimum absolute atomic E-state index is 0.484. The van der Waals surface area contributed by atoms with Crippen molar-refractivity contribution < 1.29 is 4.74 Å². The Morgan fingerprint density at radius 3 is 2.94 bits per heavy atom. The van der Waals surface area contributed by atoms with Gasteiger partial charge in [0, 0.05) is 12.7 Å². The zero-order valence-electron chi connectivity index (χ0n) is 10.5. The summed E-state index contributed by atoms with van der Waals surface area (Å²) in [6.07, 6.45) is 8.73. The highest BCUT2D eigenvalue weighted by Gasteiger charge is 2.12. The highest BCUT2D eigenvalue weighted by Crippen LogP contribution is 2.19. The number of ether oxygens (including phenoxy) is 1. The fourth-order valence-electron chi connectivity index (χ4n) is 2.19. The van der Waals surface area contributed by atoms with Gasteiger partial charge < -0.3 is 10.1 Å². The van der Waals surface area contributed by atoms with Crippen LogP contribution in [0.2, 0.25) is 0 Å². The number of aryl methyl sites for hydroxylation is 1. The molecule has 4 heteroatoms. The third-order valence-corrected chi connectivity index (χ3v) is 3.09. The van der Waals surface area contributed by atoms with E-state index in [1.807, 2.05) is 13.0 Å². The molecule has 17 heavy (non-hydrogen) atoms. The van der Waals surface area contributed by atoms with Gasteiger partial charge in [-0.25, -0.2) is 9.97 Å². The van der Waals surface area contributed by atoms with E-state index in [4.69, 9.17) is 4.74 Å². The van der Waals surface area contributed by atoms with Crippen molar-refractivity contribution in [2.75, 3.05) is 18.5 Å². The van der Waals surface area contributed by atoms with E-state index in [-0.39, 0.29) is 0 Å². The Hall–Kier alpha value is -1.16. The first-order valence-electron chi connectivity index (χ1n) is 6.50. The molecule has 1 saturated carbocycles. The summed E-state index contributed by atoms with van der Waals surface area (Å²) in [4.78, 5) is 8.34. The Kier molecular flexibility index (Phi) is 4.74. The van der Waals surface area contributed by atoms with E-state index >= 15 is 0 Å². The van der Waals surface area contributed by atoms with Gasteiger partial charge in [-0.3, -0.25) is 0 Å². The van der Waals surface area contributed by atoms with Crippen LogP contribution in [-0.4, -0.2) is 29.2 Å². The second-order valence-corrected chi connectivity index (χ2v) is 4.55. The van der Waals surface area contributed by atoms with Crippen LogP contribution in [0.5, 0.6) is 0 Å². The molecule has 0 atom stereocenters. The van der Waals surface area contributed by atoms with E-state index in [1.54, 1.807) is 6.20 Å². The maximum Gasteiger partial charge on any atom is 0.129 e. The number of anilines is 1. The maximum atomic E-state index is 5.83. The molecule has 94 valence electrons. The van der Waals surface area contributed by atoms with Crippen molar-refractivity contribution in [3.63, 3.8) is 0 Å². The molecule has 0 aromatic carbocycles. The van der Waals surface area contributed by atoms with Gasteiger partial charge in [0.2, 0.25) is 0 Å². The zero-order valence-corrected chi connectivity index (χ0v) is 10.5. The lowest BCUT2D eigenvalue weighted by Gasteiger charge is -2.22. The van der Waals surface area contributed by atoms with Gasteiger partial charge in [-0.1, -0.05) is 19.3 Å². The molecule has 0 bridgehead atoms. The standard InChI is InChI=1S/C13H21N3O/c1-11-14-8-7-13(16-11)15-9-10-17-12-5-3-2-4-6-12/h7-8,12H,2-6,9-10H2,1H3,(H,14,15,16). The molecule has 1 aliphatic rings. The van der Waals surface area contributed by atoms with Crippen molar-refractivity contribution in [3.05, 3.63) is 18.1 Å². The van der Waals surface area contributed by atoms with Crippen molar-refractivity contribution >= 4 is 5.82 Å². The summed E-state index contributed by atoms with van der Waals surface area (Å²) in [6.45, 7) is 3.46. The monoisotopic (exact) mass is 235 g/mol. The summed E-state index contributed by atoms with van der Waals surface area (Å²) in [5, 5.41) is 3.25. The normalized spacial score (nSPS) is 17.0. The first-order chi connectivity index (χ1) is 8.34. The summed E-state index contributed by atoms with van der Waals surface area (Å²) in [6, 6.07) is 1.88. The molecule has 1 aromatic heterocycles. The van der Waals surface area contributed by atoms with Gasteiger partial charge in [-0.2, -0.15) is 0 Å². The molecule has 2 rings (SSSR count). The average molecular weight is 235 g/mol. The minimum atomic E-state index is 0.484. The van der Waals surface area contributed by atoms with E-state index in [1.165, 1.54) is 32.1 Å². The lowest BCUT2D eigenvalue weighted by atomic mass is 9.98. The van der Waals surface area contributed by atoms with Gasteiger partial charge in [0.05, 0.1) is 12.7 Å². The van der Waals surface area contributed by atoms with Crippen LogP contribution in [-0.2, 0) is 4.74 Å². The molecule has 1 aromatic rings. The van der Waals surface area contributed by atoms with Crippen LogP contribution in [0.3, 0.4) is 0 Å². The Bertz CT molecular complexity index is 337. The number of nitrogens with zero attached hydrogens (tertiary/aromatic N) is 2. The van der Waals surface area contributed by atoms with Crippen molar-refractivity contribution in [1.29, 1.82) is 0 Å². The summed E-state index contributed by atoms with van der Waals surface area (Å²) in [5.74, 6) is 1.67. The number of hydrogen-bond donors (Lipinski definition) is 1. The Morgan fingerprint density at radius 1 is 1.35 bits per heavy atom. The maximum absolute atomic E-state index is 5.83. The van der Waals surface area contributed by atoms with E-state index in [0.29, 0.717) is 6.10 Å². The van der Waals surface area contributed by atoms with Crippen LogP contribution in [0.1, 0.15) is 37.9 Å². The van der Waals surface area contributed by atoms with Crippen LogP contribution < -0.4 is 5.32 Å². The number of rotatable bonds is 5. The molecule has 0 radical (unpaired) electrons. The number of nitrogens with one attached hydrogen (secondary N) is 1. The lowest BCUT2D eigenvalue weighted by molar-refractivity contribution is 0.0347. The topological polar surface area (TPSA) is 47.0 Å². The van der Waals surface area contributed by atoms with Crippen molar-refractivity contribution in [3.8, 4) is 0 Å². The van der Waals surface area contributed by atoms with E-state index in [9.17, 15) is 0 Å². The second-order valence-electron chi connectivity index (χ2n) is 4.55. The third kappa shape index (κ3) is 4.30. The van der Waals surface area contributed by atoms with Gasteiger partial charge in [-0.05, 0) is 25.8 Å². The van der Waals surface area contributed by atoms with Crippen molar-refractivity contribution in [2.24, 2.45) is 0 Å². The molecular weight excluding hydrogens is 214 g/mol. The van der Waals surface area contributed by atoms with Crippen molar-refractivity contribution in [2.45, 2.75) is 45.1 Å². The van der Waals surface area contributed by atoms with Crippen LogP contribution >= 0.6 is 0 Å². The van der Waals surface area contributed by atoms with E-state index in [2.05, 4.69) is 15.3 Å². The SMILES string of the molecule is Cc1nccc(NCCOC2CCCCC2)n1. The first-order valence-corrected chi connectivity index (χ1v) is 6.50. The van der Waals surface area contributed by atoms with Gasteiger partial charge in [0.15, 0.2) is 0 Å². The molecule has 1 heterocycles. The van der Waals surface area contributed by atoms with Crippen LogP contribution in [0.25, 0.3) is 0 Å². The largest absolute Gasteiger partial charge is 0.376 e. The molecule has 0 amide bonds. The molecule has 1 N–H and O–H groups in total. The summed E-state index contributed by atoms with van der Waals surface area (Å²) in [5.41, 5.74) is 0. The molecule has 1 aliphatic carbocycles. The van der Waals surface area contributed by atoms with Gasteiger partial charge in [0.25, 0.3) is 0 Å². The Balaban J connectivity index is 1.62. The minimum Gasteiger partial charge on any atom is -0.376 e. The fourth-order valence-corrected chi connectivity index (χ4v) is 2.19. The molecular formula is C13H21N3O. The predicted molar refractivity (Wildman–Crippen MR) is 68.1 cm³/mol. The Morgan fingerprint density at radius 2 is 2.18 bits per heavy atom. The van der Waals surface area contributed by atoms with E-state index < -0.39 is 0 Å². The molecule has 0 unspecified atom stereocenters. The zero-order chi connectivity index (χ0) is 11.9. The van der Waals surface area contributed by atoms with Gasteiger partial charge in [0.1, 0.15) is 11.6 Å². The molecule has 0 spiro atoms. The summed E-state index contributed by atoms with van der Waals surface area (Å²) in [7, 11) is 0. The molecule has 0 aliphatic heterocycles. The van der Waals surface area contributed by atoms with Crippen LogP contribution in [0.4, 0.5) is 5.82 Å².